The molecule has 4 heteroatoms. The second-order valence-corrected chi connectivity index (χ2v) is 6.20. The first-order chi connectivity index (χ1) is 8.78. The van der Waals surface area contributed by atoms with Crippen molar-refractivity contribution in [3.8, 4) is 6.07 Å². The molecule has 1 N–H and O–H groups in total. The lowest BCUT2D eigenvalue weighted by Gasteiger charge is -2.35. The van der Waals surface area contributed by atoms with Gasteiger partial charge >= 0.3 is 0 Å². The van der Waals surface area contributed by atoms with Gasteiger partial charge in [0.2, 0.25) is 5.76 Å². The molecule has 0 unspecified atom stereocenters. The van der Waals surface area contributed by atoms with E-state index < -0.39 is 0 Å². The highest BCUT2D eigenvalue weighted by molar-refractivity contribution is 8.00. The van der Waals surface area contributed by atoms with E-state index in [1.165, 1.54) is 32.1 Å². The Morgan fingerprint density at radius 3 is 2.78 bits per heavy atom. The van der Waals surface area contributed by atoms with Gasteiger partial charge in [-0.1, -0.05) is 19.3 Å². The fraction of sp³-hybridized carbons (Fsp3) is 0.643. The third kappa shape index (κ3) is 3.30. The molecule has 1 fully saturated rings. The van der Waals surface area contributed by atoms with E-state index in [2.05, 4.69) is 11.6 Å². The molecule has 1 heterocycles. The Hall–Kier alpha value is -0.920. The molecule has 0 amide bonds. The van der Waals surface area contributed by atoms with Gasteiger partial charge in [0.1, 0.15) is 11.8 Å². The predicted octanol–water partition coefficient (Wildman–Crippen LogP) is 3.31. The topological polar surface area (TPSA) is 49.0 Å². The van der Waals surface area contributed by atoms with Crippen LogP contribution in [0.4, 0.5) is 0 Å². The van der Waals surface area contributed by atoms with Gasteiger partial charge in [-0.25, -0.2) is 0 Å². The third-order valence-electron chi connectivity index (χ3n) is 3.72. The van der Waals surface area contributed by atoms with Gasteiger partial charge in [-0.05, 0) is 31.2 Å². The second-order valence-electron chi connectivity index (χ2n) is 4.93. The Morgan fingerprint density at radius 2 is 2.17 bits per heavy atom. The Morgan fingerprint density at radius 1 is 1.39 bits per heavy atom. The van der Waals surface area contributed by atoms with Crippen molar-refractivity contribution >= 4 is 11.8 Å². The molecule has 0 aliphatic heterocycles. The second kappa shape index (κ2) is 6.31. The summed E-state index contributed by atoms with van der Waals surface area (Å²) in [6, 6.07) is 5.60. The summed E-state index contributed by atoms with van der Waals surface area (Å²) < 4.78 is 5.76. The zero-order valence-electron chi connectivity index (χ0n) is 10.9. The Labute approximate surface area is 113 Å². The highest BCUT2D eigenvalue weighted by Gasteiger charge is 2.30. The van der Waals surface area contributed by atoms with Crippen molar-refractivity contribution in [2.75, 3.05) is 12.8 Å². The summed E-state index contributed by atoms with van der Waals surface area (Å²) in [4.78, 5) is 0. The molecule has 0 radical (unpaired) electrons. The van der Waals surface area contributed by atoms with Crippen LogP contribution in [0.15, 0.2) is 16.5 Å². The Balaban J connectivity index is 1.81. The van der Waals surface area contributed by atoms with Crippen LogP contribution in [0.2, 0.25) is 0 Å². The summed E-state index contributed by atoms with van der Waals surface area (Å²) >= 11 is 1.99. The first-order valence-corrected chi connectivity index (χ1v) is 7.75. The summed E-state index contributed by atoms with van der Waals surface area (Å²) in [6.07, 6.45) is 8.91. The van der Waals surface area contributed by atoms with Gasteiger partial charge in [-0.15, -0.1) is 0 Å². The van der Waals surface area contributed by atoms with E-state index in [0.29, 0.717) is 17.1 Å². The molecule has 2 rings (SSSR count). The number of hydrogen-bond acceptors (Lipinski definition) is 4. The van der Waals surface area contributed by atoms with Gasteiger partial charge in [0.15, 0.2) is 0 Å². The summed E-state index contributed by atoms with van der Waals surface area (Å²) in [5, 5.41) is 12.2. The lowest BCUT2D eigenvalue weighted by atomic mass is 9.88. The van der Waals surface area contributed by atoms with Crippen LogP contribution in [0.25, 0.3) is 0 Å². The fourth-order valence-corrected chi connectivity index (χ4v) is 3.54. The van der Waals surface area contributed by atoms with Crippen LogP contribution < -0.4 is 5.32 Å². The number of nitrogens with one attached hydrogen (secondary N) is 1. The van der Waals surface area contributed by atoms with E-state index in [-0.39, 0.29) is 0 Å². The number of nitrogens with zero attached hydrogens (tertiary/aromatic N) is 1. The van der Waals surface area contributed by atoms with Crippen molar-refractivity contribution in [3.05, 3.63) is 23.7 Å². The molecule has 0 spiro atoms. The molecule has 1 aliphatic rings. The lowest BCUT2D eigenvalue weighted by Crippen LogP contribution is -2.39. The maximum absolute atomic E-state index is 8.69. The van der Waals surface area contributed by atoms with Crippen LogP contribution >= 0.6 is 11.8 Å². The largest absolute Gasteiger partial charge is 0.449 e. The van der Waals surface area contributed by atoms with Crippen LogP contribution in [0.1, 0.15) is 43.6 Å². The minimum Gasteiger partial charge on any atom is -0.449 e. The molecule has 0 saturated heterocycles. The maximum atomic E-state index is 8.69. The van der Waals surface area contributed by atoms with Crippen molar-refractivity contribution < 1.29 is 4.42 Å². The first kappa shape index (κ1) is 13.5. The van der Waals surface area contributed by atoms with E-state index in [9.17, 15) is 0 Å². The molecule has 0 aromatic carbocycles. The summed E-state index contributed by atoms with van der Waals surface area (Å²) in [5.41, 5.74) is 0. The smallest absolute Gasteiger partial charge is 0.203 e. The molecular weight excluding hydrogens is 244 g/mol. The summed E-state index contributed by atoms with van der Waals surface area (Å²) in [5.74, 6) is 1.24. The molecule has 1 aromatic rings. The zero-order valence-corrected chi connectivity index (χ0v) is 11.7. The standard InChI is InChI=1S/C14H20N2OS/c1-18-14(7-3-2-4-8-14)11-16-10-13-6-5-12(9-15)17-13/h5-6,16H,2-4,7-8,10-11H2,1H3. The van der Waals surface area contributed by atoms with Crippen LogP contribution in [0.5, 0.6) is 0 Å². The summed E-state index contributed by atoms with van der Waals surface area (Å²) in [7, 11) is 0. The van der Waals surface area contributed by atoms with Crippen molar-refractivity contribution in [1.29, 1.82) is 5.26 Å². The third-order valence-corrected chi connectivity index (χ3v) is 5.13. The average Bonchev–Trinajstić information content (AvgIpc) is 2.88. The van der Waals surface area contributed by atoms with Crippen LogP contribution in [0, 0.1) is 11.3 Å². The van der Waals surface area contributed by atoms with Gasteiger partial charge in [-0.3, -0.25) is 0 Å². The van der Waals surface area contributed by atoms with Crippen molar-refractivity contribution in [2.24, 2.45) is 0 Å². The molecule has 1 aromatic heterocycles. The monoisotopic (exact) mass is 264 g/mol. The van der Waals surface area contributed by atoms with Crippen LogP contribution in [-0.2, 0) is 6.54 Å². The SMILES string of the molecule is CSC1(CNCc2ccc(C#N)o2)CCCCC1. The molecule has 0 atom stereocenters. The first-order valence-electron chi connectivity index (χ1n) is 6.53. The fourth-order valence-electron chi connectivity index (χ4n) is 2.60. The lowest BCUT2D eigenvalue weighted by molar-refractivity contribution is 0.371. The van der Waals surface area contributed by atoms with E-state index in [4.69, 9.17) is 9.68 Å². The molecule has 0 bridgehead atoms. The van der Waals surface area contributed by atoms with Crippen LogP contribution in [0.3, 0.4) is 0 Å². The number of rotatable bonds is 5. The number of hydrogen-bond donors (Lipinski definition) is 1. The molecule has 3 nitrogen and oxygen atoms in total. The maximum Gasteiger partial charge on any atom is 0.203 e. The van der Waals surface area contributed by atoms with E-state index in [0.717, 1.165) is 12.3 Å². The number of furan rings is 1. The van der Waals surface area contributed by atoms with Crippen LogP contribution in [-0.4, -0.2) is 17.5 Å². The average molecular weight is 264 g/mol. The molecule has 18 heavy (non-hydrogen) atoms. The molecule has 1 saturated carbocycles. The zero-order chi connectivity index (χ0) is 12.8. The predicted molar refractivity (Wildman–Crippen MR) is 74.5 cm³/mol. The van der Waals surface area contributed by atoms with E-state index in [1.54, 1.807) is 6.07 Å². The molecule has 1 aliphatic carbocycles. The van der Waals surface area contributed by atoms with Gasteiger partial charge in [0.05, 0.1) is 6.54 Å². The highest BCUT2D eigenvalue weighted by atomic mass is 32.2. The van der Waals surface area contributed by atoms with Gasteiger partial charge in [-0.2, -0.15) is 17.0 Å². The van der Waals surface area contributed by atoms with Crippen molar-refractivity contribution in [3.63, 3.8) is 0 Å². The van der Waals surface area contributed by atoms with Crippen molar-refractivity contribution in [1.82, 2.24) is 5.32 Å². The minimum atomic E-state index is 0.393. The molecule has 98 valence electrons. The Bertz CT molecular complexity index is 416. The Kier molecular flexibility index (Phi) is 4.73. The van der Waals surface area contributed by atoms with E-state index in [1.807, 2.05) is 23.9 Å². The van der Waals surface area contributed by atoms with Gasteiger partial charge < -0.3 is 9.73 Å². The number of nitriles is 1. The minimum absolute atomic E-state index is 0.393. The number of thioether (sulfide) groups is 1. The van der Waals surface area contributed by atoms with E-state index >= 15 is 0 Å². The highest BCUT2D eigenvalue weighted by Crippen LogP contribution is 2.37. The van der Waals surface area contributed by atoms with Crippen molar-refractivity contribution in [2.45, 2.75) is 43.4 Å². The normalized spacial score (nSPS) is 18.4. The quantitative estimate of drug-likeness (QED) is 0.886. The van der Waals surface area contributed by atoms with Gasteiger partial charge in [0, 0.05) is 11.3 Å². The molecular formula is C14H20N2OS. The summed E-state index contributed by atoms with van der Waals surface area (Å²) in [6.45, 7) is 1.74. The van der Waals surface area contributed by atoms with Gasteiger partial charge in [0.25, 0.3) is 0 Å².